The Morgan fingerprint density at radius 2 is 1.36 bits per heavy atom. The molecule has 0 saturated heterocycles. The van der Waals surface area contributed by atoms with Gasteiger partial charge in [-0.2, -0.15) is 12.6 Å². The summed E-state index contributed by atoms with van der Waals surface area (Å²) in [6, 6.07) is 0. The van der Waals surface area contributed by atoms with Gasteiger partial charge < -0.3 is 5.41 Å². The van der Waals surface area contributed by atoms with E-state index in [1.807, 2.05) is 0 Å². The maximum Gasteiger partial charge on any atom is 0.0148 e. The third kappa shape index (κ3) is 3.64. The first-order valence-corrected chi connectivity index (χ1v) is 5.63. The molecule has 0 aliphatic rings. The van der Waals surface area contributed by atoms with Crippen LogP contribution >= 0.6 is 12.6 Å². The van der Waals surface area contributed by atoms with Gasteiger partial charge in [0.25, 0.3) is 0 Å². The second kappa shape index (κ2) is 3.88. The van der Waals surface area contributed by atoms with Crippen molar-refractivity contribution in [1.29, 1.82) is 5.41 Å². The molecule has 0 unspecified atom stereocenters. The molecular formula is C12H25NS. The lowest BCUT2D eigenvalue weighted by molar-refractivity contribution is 0.290. The molecule has 0 fully saturated rings. The van der Waals surface area contributed by atoms with Crippen LogP contribution in [0.5, 0.6) is 0 Å². The van der Waals surface area contributed by atoms with Crippen molar-refractivity contribution in [2.45, 2.75) is 59.6 Å². The molecule has 0 saturated carbocycles. The first-order chi connectivity index (χ1) is 5.88. The molecule has 0 atom stereocenters. The third-order valence-corrected chi connectivity index (χ3v) is 3.79. The molecule has 0 aliphatic heterocycles. The van der Waals surface area contributed by atoms with E-state index in [4.69, 9.17) is 5.41 Å². The van der Waals surface area contributed by atoms with Crippen LogP contribution in [-0.2, 0) is 0 Å². The van der Waals surface area contributed by atoms with Crippen LogP contribution in [0.3, 0.4) is 0 Å². The van der Waals surface area contributed by atoms with E-state index in [0.29, 0.717) is 0 Å². The standard InChI is InChI=1S/C12H25NS/c1-10(2,3)9(13)8-11(4,5)12(6,7)14/h13-14H,8H2,1-7H3. The molecule has 0 aromatic carbocycles. The van der Waals surface area contributed by atoms with Gasteiger partial charge in [-0.25, -0.2) is 0 Å². The lowest BCUT2D eigenvalue weighted by atomic mass is 9.72. The van der Waals surface area contributed by atoms with E-state index in [9.17, 15) is 0 Å². The number of thiol groups is 1. The highest BCUT2D eigenvalue weighted by Gasteiger charge is 2.36. The molecule has 0 spiro atoms. The van der Waals surface area contributed by atoms with Gasteiger partial charge in [0.2, 0.25) is 0 Å². The van der Waals surface area contributed by atoms with Crippen LogP contribution in [-0.4, -0.2) is 10.5 Å². The lowest BCUT2D eigenvalue weighted by Gasteiger charge is -2.40. The molecule has 0 aromatic rings. The van der Waals surface area contributed by atoms with Crippen LogP contribution in [0.2, 0.25) is 0 Å². The fourth-order valence-electron chi connectivity index (χ4n) is 0.923. The van der Waals surface area contributed by atoms with E-state index < -0.39 is 0 Å². The molecule has 0 aliphatic carbocycles. The third-order valence-electron chi connectivity index (χ3n) is 3.18. The van der Waals surface area contributed by atoms with Gasteiger partial charge in [-0.3, -0.25) is 0 Å². The van der Waals surface area contributed by atoms with Crippen LogP contribution in [0.1, 0.15) is 54.9 Å². The molecule has 0 radical (unpaired) electrons. The first-order valence-electron chi connectivity index (χ1n) is 5.18. The summed E-state index contributed by atoms with van der Waals surface area (Å²) in [7, 11) is 0. The summed E-state index contributed by atoms with van der Waals surface area (Å²) in [5, 5.41) is 8.04. The smallest absolute Gasteiger partial charge is 0.0148 e. The Morgan fingerprint density at radius 3 is 1.57 bits per heavy atom. The van der Waals surface area contributed by atoms with Crippen LogP contribution in [0, 0.1) is 16.2 Å². The summed E-state index contributed by atoms with van der Waals surface area (Å²) in [5.74, 6) is 0. The van der Waals surface area contributed by atoms with E-state index in [1.54, 1.807) is 0 Å². The zero-order valence-electron chi connectivity index (χ0n) is 10.7. The summed E-state index contributed by atoms with van der Waals surface area (Å²) in [6.07, 6.45) is 0.812. The zero-order chi connectivity index (χ0) is 11.8. The number of hydrogen-bond acceptors (Lipinski definition) is 2. The Bertz CT molecular complexity index is 215. The predicted octanol–water partition coefficient (Wildman–Crippen LogP) is 4.18. The van der Waals surface area contributed by atoms with Crippen molar-refractivity contribution in [3.8, 4) is 0 Å². The van der Waals surface area contributed by atoms with E-state index in [1.165, 1.54) is 0 Å². The monoisotopic (exact) mass is 215 g/mol. The summed E-state index contributed by atoms with van der Waals surface area (Å²) < 4.78 is -0.0510. The van der Waals surface area contributed by atoms with Crippen molar-refractivity contribution in [1.82, 2.24) is 0 Å². The molecule has 0 bridgehead atoms. The largest absolute Gasteiger partial charge is 0.309 e. The van der Waals surface area contributed by atoms with Crippen molar-refractivity contribution in [3.63, 3.8) is 0 Å². The van der Waals surface area contributed by atoms with Gasteiger partial charge >= 0.3 is 0 Å². The average Bonchev–Trinajstić information content (AvgIpc) is 1.80. The van der Waals surface area contributed by atoms with Crippen LogP contribution in [0.4, 0.5) is 0 Å². The highest BCUT2D eigenvalue weighted by molar-refractivity contribution is 7.81. The molecule has 0 heterocycles. The molecule has 1 N–H and O–H groups in total. The van der Waals surface area contributed by atoms with E-state index in [2.05, 4.69) is 61.1 Å². The Balaban J connectivity index is 4.62. The molecule has 0 amide bonds. The van der Waals surface area contributed by atoms with Gasteiger partial charge in [-0.1, -0.05) is 48.5 Å². The van der Waals surface area contributed by atoms with Crippen LogP contribution < -0.4 is 0 Å². The Labute approximate surface area is 94.6 Å². The normalized spacial score (nSPS) is 14.3. The average molecular weight is 215 g/mol. The van der Waals surface area contributed by atoms with Crippen molar-refractivity contribution >= 4 is 18.3 Å². The Kier molecular flexibility index (Phi) is 3.89. The van der Waals surface area contributed by atoms with E-state index in [-0.39, 0.29) is 15.6 Å². The maximum atomic E-state index is 8.04. The SMILES string of the molecule is CC(C)(C)C(=N)CC(C)(C)C(C)(C)S. The van der Waals surface area contributed by atoms with Gasteiger partial charge in [-0.05, 0) is 17.3 Å². The lowest BCUT2D eigenvalue weighted by Crippen LogP contribution is -2.38. The zero-order valence-corrected chi connectivity index (χ0v) is 11.5. The molecule has 2 heteroatoms. The molecule has 14 heavy (non-hydrogen) atoms. The van der Waals surface area contributed by atoms with Gasteiger partial charge in [0.1, 0.15) is 0 Å². The fraction of sp³-hybridized carbons (Fsp3) is 0.917. The van der Waals surface area contributed by atoms with Gasteiger partial charge in [0, 0.05) is 10.5 Å². The second-order valence-electron chi connectivity index (χ2n) is 6.35. The first kappa shape index (κ1) is 14.0. The minimum atomic E-state index is -0.0510. The summed E-state index contributed by atoms with van der Waals surface area (Å²) >= 11 is 4.61. The minimum absolute atomic E-state index is 0.0176. The molecule has 0 rings (SSSR count). The number of rotatable bonds is 3. The summed E-state index contributed by atoms with van der Waals surface area (Å²) in [6.45, 7) is 14.9. The quantitative estimate of drug-likeness (QED) is 0.521. The van der Waals surface area contributed by atoms with Crippen molar-refractivity contribution < 1.29 is 0 Å². The van der Waals surface area contributed by atoms with Crippen molar-refractivity contribution in [3.05, 3.63) is 0 Å². The van der Waals surface area contributed by atoms with Crippen LogP contribution in [0.15, 0.2) is 0 Å². The van der Waals surface area contributed by atoms with Gasteiger partial charge in [0.05, 0.1) is 0 Å². The Hall–Kier alpha value is 0.0200. The van der Waals surface area contributed by atoms with E-state index >= 15 is 0 Å². The Morgan fingerprint density at radius 1 is 1.00 bits per heavy atom. The topological polar surface area (TPSA) is 23.9 Å². The highest BCUT2D eigenvalue weighted by atomic mass is 32.1. The summed E-state index contributed by atoms with van der Waals surface area (Å²) in [4.78, 5) is 0. The predicted molar refractivity (Wildman–Crippen MR) is 68.6 cm³/mol. The molecular weight excluding hydrogens is 190 g/mol. The molecule has 84 valence electrons. The summed E-state index contributed by atoms with van der Waals surface area (Å²) in [5.41, 5.74) is 0.848. The number of hydrogen-bond donors (Lipinski definition) is 2. The minimum Gasteiger partial charge on any atom is -0.309 e. The van der Waals surface area contributed by atoms with Gasteiger partial charge in [-0.15, -0.1) is 0 Å². The van der Waals surface area contributed by atoms with E-state index in [0.717, 1.165) is 12.1 Å². The van der Waals surface area contributed by atoms with Gasteiger partial charge in [0.15, 0.2) is 0 Å². The molecule has 1 nitrogen and oxygen atoms in total. The highest BCUT2D eigenvalue weighted by Crippen LogP contribution is 2.40. The maximum absolute atomic E-state index is 8.04. The number of nitrogens with one attached hydrogen (secondary N) is 1. The fourth-order valence-corrected chi connectivity index (χ4v) is 1.00. The van der Waals surface area contributed by atoms with Crippen molar-refractivity contribution in [2.24, 2.45) is 10.8 Å². The second-order valence-corrected chi connectivity index (χ2v) is 7.47. The molecule has 0 aromatic heterocycles. The van der Waals surface area contributed by atoms with Crippen LogP contribution in [0.25, 0.3) is 0 Å². The van der Waals surface area contributed by atoms with Crippen molar-refractivity contribution in [2.75, 3.05) is 0 Å².